The molecule has 0 spiro atoms. The van der Waals surface area contributed by atoms with Crippen LogP contribution in [0.4, 0.5) is 13.2 Å². The van der Waals surface area contributed by atoms with E-state index in [1.165, 1.54) is 0 Å². The lowest BCUT2D eigenvalue weighted by Crippen LogP contribution is -2.20. The minimum Gasteiger partial charge on any atom is -0.170 e. The molecule has 1 unspecified atom stereocenters. The van der Waals surface area contributed by atoms with Gasteiger partial charge in [-0.15, -0.1) is 0 Å². The van der Waals surface area contributed by atoms with Gasteiger partial charge in [-0.3, -0.25) is 0 Å². The van der Waals surface area contributed by atoms with Crippen LogP contribution in [0, 0.1) is 0 Å². The maximum atomic E-state index is 13.3. The van der Waals surface area contributed by atoms with E-state index in [0.29, 0.717) is 12.0 Å². The molecular weight excluding hydrogens is 285 g/mol. The van der Waals surface area contributed by atoms with Crippen LogP contribution in [0.2, 0.25) is 0 Å². The second kappa shape index (κ2) is 7.48. The third-order valence-corrected chi connectivity index (χ3v) is 3.91. The number of hydrogen-bond acceptors (Lipinski definition) is 0. The van der Waals surface area contributed by atoms with Crippen molar-refractivity contribution in [2.75, 3.05) is 0 Å². The van der Waals surface area contributed by atoms with Crippen LogP contribution >= 0.6 is 0 Å². The van der Waals surface area contributed by atoms with Crippen LogP contribution in [-0.4, -0.2) is 6.18 Å². The Bertz CT molecular complexity index is 555. The Hall–Kier alpha value is -1.77. The molecule has 2 aromatic carbocycles. The maximum Gasteiger partial charge on any atom is 0.395 e. The third kappa shape index (κ3) is 4.36. The van der Waals surface area contributed by atoms with Gasteiger partial charge in [0, 0.05) is 0 Å². The molecule has 22 heavy (non-hydrogen) atoms. The molecule has 0 radical (unpaired) electrons. The molecule has 118 valence electrons. The molecular formula is C19H21F3. The van der Waals surface area contributed by atoms with E-state index in [4.69, 9.17) is 0 Å². The topological polar surface area (TPSA) is 0 Å². The van der Waals surface area contributed by atoms with E-state index >= 15 is 0 Å². The van der Waals surface area contributed by atoms with Crippen molar-refractivity contribution in [2.45, 2.75) is 44.7 Å². The van der Waals surface area contributed by atoms with Gasteiger partial charge in [-0.25, -0.2) is 0 Å². The van der Waals surface area contributed by atoms with E-state index in [9.17, 15) is 13.2 Å². The summed E-state index contributed by atoms with van der Waals surface area (Å²) in [6.07, 6.45) is -1.63. The first-order valence-electron chi connectivity index (χ1n) is 7.74. The van der Waals surface area contributed by atoms with Gasteiger partial charge in [0.15, 0.2) is 0 Å². The number of alkyl halides is 3. The molecule has 0 aliphatic rings. The second-order valence-electron chi connectivity index (χ2n) is 5.58. The maximum absolute atomic E-state index is 13.3. The fourth-order valence-corrected chi connectivity index (χ4v) is 2.66. The Balaban J connectivity index is 2.18. The third-order valence-electron chi connectivity index (χ3n) is 3.91. The van der Waals surface area contributed by atoms with Crippen molar-refractivity contribution >= 4 is 0 Å². The Morgan fingerprint density at radius 1 is 0.818 bits per heavy atom. The number of benzene rings is 2. The van der Waals surface area contributed by atoms with Crippen molar-refractivity contribution in [2.24, 2.45) is 0 Å². The van der Waals surface area contributed by atoms with Gasteiger partial charge in [0.2, 0.25) is 0 Å². The molecule has 2 aromatic rings. The predicted molar refractivity (Wildman–Crippen MR) is 84.8 cm³/mol. The number of rotatable bonds is 6. The molecule has 0 saturated carbocycles. The summed E-state index contributed by atoms with van der Waals surface area (Å²) in [5.74, 6) is -1.36. The minimum atomic E-state index is -4.18. The first-order chi connectivity index (χ1) is 10.5. The van der Waals surface area contributed by atoms with Crippen LogP contribution < -0.4 is 0 Å². The molecule has 0 aromatic heterocycles. The second-order valence-corrected chi connectivity index (χ2v) is 5.58. The molecule has 0 N–H and O–H groups in total. The minimum absolute atomic E-state index is 0.169. The molecule has 0 aliphatic heterocycles. The van der Waals surface area contributed by atoms with Crippen LogP contribution in [0.3, 0.4) is 0 Å². The molecule has 0 amide bonds. The SMILES string of the molecule is CCCCCC(c1ccc(-c2ccccc2)cc1)C(F)(F)F. The van der Waals surface area contributed by atoms with E-state index < -0.39 is 12.1 Å². The molecule has 0 saturated heterocycles. The molecule has 2 rings (SSSR count). The summed E-state index contributed by atoms with van der Waals surface area (Å²) in [7, 11) is 0. The summed E-state index contributed by atoms with van der Waals surface area (Å²) in [5, 5.41) is 0. The number of hydrogen-bond donors (Lipinski definition) is 0. The van der Waals surface area contributed by atoms with Gasteiger partial charge in [-0.1, -0.05) is 80.8 Å². The van der Waals surface area contributed by atoms with E-state index in [1.807, 2.05) is 37.3 Å². The van der Waals surface area contributed by atoms with Crippen molar-refractivity contribution < 1.29 is 13.2 Å². The fourth-order valence-electron chi connectivity index (χ4n) is 2.66. The normalized spacial score (nSPS) is 13.1. The largest absolute Gasteiger partial charge is 0.395 e. The lowest BCUT2D eigenvalue weighted by molar-refractivity contribution is -0.152. The monoisotopic (exact) mass is 306 g/mol. The van der Waals surface area contributed by atoms with Gasteiger partial charge in [0.25, 0.3) is 0 Å². The number of unbranched alkanes of at least 4 members (excludes halogenated alkanes) is 2. The van der Waals surface area contributed by atoms with E-state index in [1.54, 1.807) is 24.3 Å². The van der Waals surface area contributed by atoms with Crippen molar-refractivity contribution in [3.8, 4) is 11.1 Å². The smallest absolute Gasteiger partial charge is 0.170 e. The van der Waals surface area contributed by atoms with Crippen LogP contribution in [0.25, 0.3) is 11.1 Å². The van der Waals surface area contributed by atoms with Crippen LogP contribution in [0.15, 0.2) is 54.6 Å². The fraction of sp³-hybridized carbons (Fsp3) is 0.368. The Kier molecular flexibility index (Phi) is 5.64. The summed E-state index contributed by atoms with van der Waals surface area (Å²) >= 11 is 0. The van der Waals surface area contributed by atoms with Crippen molar-refractivity contribution in [3.63, 3.8) is 0 Å². The average Bonchev–Trinajstić information content (AvgIpc) is 2.52. The Morgan fingerprint density at radius 2 is 1.41 bits per heavy atom. The van der Waals surface area contributed by atoms with Crippen molar-refractivity contribution in [3.05, 3.63) is 60.2 Å². The van der Waals surface area contributed by atoms with Gasteiger partial charge in [-0.05, 0) is 23.1 Å². The van der Waals surface area contributed by atoms with Gasteiger partial charge in [0.05, 0.1) is 5.92 Å². The Labute approximate surface area is 130 Å². The van der Waals surface area contributed by atoms with Gasteiger partial charge in [-0.2, -0.15) is 13.2 Å². The summed E-state index contributed by atoms with van der Waals surface area (Å²) in [6, 6.07) is 16.5. The summed E-state index contributed by atoms with van der Waals surface area (Å²) in [4.78, 5) is 0. The van der Waals surface area contributed by atoms with Crippen LogP contribution in [0.1, 0.15) is 44.1 Å². The quantitative estimate of drug-likeness (QED) is 0.529. The molecule has 0 nitrogen and oxygen atoms in total. The summed E-state index contributed by atoms with van der Waals surface area (Å²) in [6.45, 7) is 2.00. The highest BCUT2D eigenvalue weighted by Crippen LogP contribution is 2.39. The first kappa shape index (κ1) is 16.6. The lowest BCUT2D eigenvalue weighted by Gasteiger charge is -2.21. The molecule has 3 heteroatoms. The molecule has 0 fully saturated rings. The highest BCUT2D eigenvalue weighted by Gasteiger charge is 2.39. The van der Waals surface area contributed by atoms with Gasteiger partial charge < -0.3 is 0 Å². The van der Waals surface area contributed by atoms with E-state index in [0.717, 1.165) is 24.0 Å². The zero-order valence-electron chi connectivity index (χ0n) is 12.7. The van der Waals surface area contributed by atoms with Crippen molar-refractivity contribution in [1.29, 1.82) is 0 Å². The van der Waals surface area contributed by atoms with Gasteiger partial charge in [0.1, 0.15) is 0 Å². The Morgan fingerprint density at radius 3 is 1.95 bits per heavy atom. The van der Waals surface area contributed by atoms with Crippen LogP contribution in [0.5, 0.6) is 0 Å². The average molecular weight is 306 g/mol. The number of halogens is 3. The van der Waals surface area contributed by atoms with Gasteiger partial charge >= 0.3 is 6.18 Å². The zero-order chi connectivity index (χ0) is 16.0. The highest BCUT2D eigenvalue weighted by molar-refractivity contribution is 5.63. The predicted octanol–water partition coefficient (Wildman–Crippen LogP) is 6.58. The zero-order valence-corrected chi connectivity index (χ0v) is 12.7. The summed E-state index contributed by atoms with van der Waals surface area (Å²) in [5.41, 5.74) is 2.32. The molecule has 0 bridgehead atoms. The molecule has 1 atom stereocenters. The van der Waals surface area contributed by atoms with E-state index in [-0.39, 0.29) is 6.42 Å². The first-order valence-corrected chi connectivity index (χ1v) is 7.74. The standard InChI is InChI=1S/C19H21F3/c1-2-3-5-10-18(19(20,21)22)17-13-11-16(12-14-17)15-8-6-4-7-9-15/h4,6-9,11-14,18H,2-3,5,10H2,1H3. The highest BCUT2D eigenvalue weighted by atomic mass is 19.4. The van der Waals surface area contributed by atoms with E-state index in [2.05, 4.69) is 0 Å². The van der Waals surface area contributed by atoms with Crippen LogP contribution in [-0.2, 0) is 0 Å². The molecule has 0 aliphatic carbocycles. The summed E-state index contributed by atoms with van der Waals surface area (Å²) < 4.78 is 39.8. The lowest BCUT2D eigenvalue weighted by atomic mass is 9.91. The molecule has 0 heterocycles. The van der Waals surface area contributed by atoms with Crippen molar-refractivity contribution in [1.82, 2.24) is 0 Å².